The van der Waals surface area contributed by atoms with Crippen LogP contribution in [-0.2, 0) is 9.59 Å². The number of methoxy groups -OCH3 is 1. The second-order valence-electron chi connectivity index (χ2n) is 8.38. The summed E-state index contributed by atoms with van der Waals surface area (Å²) in [4.78, 5) is 41.4. The summed E-state index contributed by atoms with van der Waals surface area (Å²) in [6.45, 7) is 4.05. The molecule has 8 heteroatoms. The molecule has 0 atom stereocenters. The number of carbonyl (C=O) groups is 3. The Bertz CT molecular complexity index is 1170. The molecule has 3 N–H and O–H groups in total. The zero-order valence-electron chi connectivity index (χ0n) is 19.0. The molecule has 1 saturated heterocycles. The maximum atomic E-state index is 13.2. The van der Waals surface area contributed by atoms with Crippen molar-refractivity contribution in [2.45, 2.75) is 32.6 Å². The van der Waals surface area contributed by atoms with Gasteiger partial charge in [-0.15, -0.1) is 0 Å². The summed E-state index contributed by atoms with van der Waals surface area (Å²) >= 11 is 0. The van der Waals surface area contributed by atoms with E-state index in [1.807, 2.05) is 17.0 Å². The van der Waals surface area contributed by atoms with E-state index in [1.54, 1.807) is 25.3 Å². The highest BCUT2D eigenvalue weighted by Gasteiger charge is 2.26. The average molecular weight is 449 g/mol. The molecule has 1 fully saturated rings. The van der Waals surface area contributed by atoms with Gasteiger partial charge in [-0.2, -0.15) is 0 Å². The number of aromatic amines is 1. The number of nitrogens with one attached hydrogen (secondary N) is 3. The molecule has 0 saturated carbocycles. The van der Waals surface area contributed by atoms with Crippen molar-refractivity contribution in [3.63, 3.8) is 0 Å². The SMILES string of the molecule is COc1ccc2[nH]cc(C3CCN(C(=O)c4cc(NC(C)=O)cc(NC(C)=O)c4)CC3)c2c1. The number of amides is 3. The number of rotatable bonds is 5. The van der Waals surface area contributed by atoms with Crippen molar-refractivity contribution in [3.8, 4) is 5.75 Å². The van der Waals surface area contributed by atoms with Crippen LogP contribution < -0.4 is 15.4 Å². The van der Waals surface area contributed by atoms with Crippen LogP contribution in [-0.4, -0.2) is 47.8 Å². The number of benzene rings is 2. The number of likely N-dealkylation sites (tertiary alicyclic amines) is 1. The molecule has 1 aliphatic rings. The predicted octanol–water partition coefficient (Wildman–Crippen LogP) is 4.11. The maximum absolute atomic E-state index is 13.2. The third-order valence-electron chi connectivity index (χ3n) is 5.96. The summed E-state index contributed by atoms with van der Waals surface area (Å²) in [5.41, 5.74) is 3.70. The van der Waals surface area contributed by atoms with E-state index in [0.29, 0.717) is 35.9 Å². The van der Waals surface area contributed by atoms with Gasteiger partial charge in [-0.25, -0.2) is 0 Å². The van der Waals surface area contributed by atoms with Gasteiger partial charge in [0.2, 0.25) is 11.8 Å². The normalized spacial score (nSPS) is 14.2. The highest BCUT2D eigenvalue weighted by molar-refractivity contribution is 6.00. The molecule has 1 aliphatic heterocycles. The summed E-state index contributed by atoms with van der Waals surface area (Å²) in [5.74, 6) is 0.558. The molecule has 4 rings (SSSR count). The number of anilines is 2. The standard InChI is InChI=1S/C25H28N4O4/c1-15(30)27-19-10-18(11-20(12-19)28-16(2)31)25(32)29-8-6-17(7-9-29)23-14-26-24-5-4-21(33-3)13-22(23)24/h4-5,10-14,17,26H,6-9H2,1-3H3,(H,27,30)(H,28,31). The molecule has 8 nitrogen and oxygen atoms in total. The Balaban J connectivity index is 1.50. The molecule has 33 heavy (non-hydrogen) atoms. The first-order chi connectivity index (χ1) is 15.8. The molecule has 0 bridgehead atoms. The van der Waals surface area contributed by atoms with Gasteiger partial charge in [-0.05, 0) is 60.7 Å². The van der Waals surface area contributed by atoms with Crippen molar-refractivity contribution in [2.24, 2.45) is 0 Å². The van der Waals surface area contributed by atoms with Crippen LogP contribution in [0.4, 0.5) is 11.4 Å². The van der Waals surface area contributed by atoms with E-state index in [9.17, 15) is 14.4 Å². The number of aromatic nitrogens is 1. The first-order valence-electron chi connectivity index (χ1n) is 11.0. The van der Waals surface area contributed by atoms with E-state index in [2.05, 4.69) is 27.9 Å². The van der Waals surface area contributed by atoms with Crippen LogP contribution in [0.3, 0.4) is 0 Å². The lowest BCUT2D eigenvalue weighted by Gasteiger charge is -2.32. The zero-order chi connectivity index (χ0) is 23.5. The van der Waals surface area contributed by atoms with Crippen LogP contribution in [0.5, 0.6) is 5.75 Å². The Labute approximate surface area is 192 Å². The van der Waals surface area contributed by atoms with Crippen molar-refractivity contribution in [3.05, 3.63) is 53.7 Å². The number of piperidine rings is 1. The number of fused-ring (bicyclic) bond motifs is 1. The summed E-state index contributed by atoms with van der Waals surface area (Å²) in [7, 11) is 1.66. The van der Waals surface area contributed by atoms with Crippen LogP contribution in [0.2, 0.25) is 0 Å². The third kappa shape index (κ3) is 5.00. The molecular formula is C25H28N4O4. The fourth-order valence-electron chi connectivity index (χ4n) is 4.46. The second kappa shape index (κ2) is 9.36. The van der Waals surface area contributed by atoms with Crippen LogP contribution >= 0.6 is 0 Å². The van der Waals surface area contributed by atoms with Crippen LogP contribution in [0.25, 0.3) is 10.9 Å². The smallest absolute Gasteiger partial charge is 0.254 e. The molecule has 0 unspecified atom stereocenters. The fourth-order valence-corrected chi connectivity index (χ4v) is 4.46. The van der Waals surface area contributed by atoms with Crippen molar-refractivity contribution in [2.75, 3.05) is 30.8 Å². The molecule has 3 aromatic rings. The summed E-state index contributed by atoms with van der Waals surface area (Å²) < 4.78 is 5.38. The van der Waals surface area contributed by atoms with E-state index in [1.165, 1.54) is 19.4 Å². The van der Waals surface area contributed by atoms with Crippen molar-refractivity contribution in [1.82, 2.24) is 9.88 Å². The molecule has 0 radical (unpaired) electrons. The predicted molar refractivity (Wildman–Crippen MR) is 128 cm³/mol. The van der Waals surface area contributed by atoms with E-state index in [-0.39, 0.29) is 17.7 Å². The average Bonchev–Trinajstić information content (AvgIpc) is 3.20. The fraction of sp³-hybridized carbons (Fsp3) is 0.320. The second-order valence-corrected chi connectivity index (χ2v) is 8.38. The van der Waals surface area contributed by atoms with Crippen molar-refractivity contribution in [1.29, 1.82) is 0 Å². The van der Waals surface area contributed by atoms with E-state index in [0.717, 1.165) is 29.5 Å². The lowest BCUT2D eigenvalue weighted by atomic mass is 9.89. The molecule has 1 aromatic heterocycles. The van der Waals surface area contributed by atoms with Gasteiger partial charge in [-0.3, -0.25) is 14.4 Å². The largest absolute Gasteiger partial charge is 0.497 e. The van der Waals surface area contributed by atoms with E-state index >= 15 is 0 Å². The maximum Gasteiger partial charge on any atom is 0.254 e. The minimum absolute atomic E-state index is 0.118. The zero-order valence-corrected chi connectivity index (χ0v) is 19.0. The van der Waals surface area contributed by atoms with Gasteiger partial charge in [0, 0.05) is 61.0 Å². The van der Waals surface area contributed by atoms with Crippen molar-refractivity contribution >= 4 is 40.0 Å². The van der Waals surface area contributed by atoms with Crippen LogP contribution in [0.15, 0.2) is 42.6 Å². The van der Waals surface area contributed by atoms with Crippen molar-refractivity contribution < 1.29 is 19.1 Å². The molecule has 2 aromatic carbocycles. The summed E-state index contributed by atoms with van der Waals surface area (Å²) in [6, 6.07) is 10.9. The Morgan fingerprint density at radius 1 is 0.970 bits per heavy atom. The monoisotopic (exact) mass is 448 g/mol. The lowest BCUT2D eigenvalue weighted by Crippen LogP contribution is -2.38. The van der Waals surface area contributed by atoms with Crippen LogP contribution in [0.1, 0.15) is 48.5 Å². The molecule has 0 spiro atoms. The summed E-state index contributed by atoms with van der Waals surface area (Å²) in [5, 5.41) is 6.54. The topological polar surface area (TPSA) is 104 Å². The van der Waals surface area contributed by atoms with Gasteiger partial charge in [0.05, 0.1) is 7.11 Å². The van der Waals surface area contributed by atoms with Gasteiger partial charge < -0.3 is 25.3 Å². The molecular weight excluding hydrogens is 420 g/mol. The number of carbonyl (C=O) groups excluding carboxylic acids is 3. The number of nitrogens with zero attached hydrogens (tertiary/aromatic N) is 1. The van der Waals surface area contributed by atoms with Gasteiger partial charge in [0.25, 0.3) is 5.91 Å². The highest BCUT2D eigenvalue weighted by atomic mass is 16.5. The number of hydrogen-bond donors (Lipinski definition) is 3. The number of hydrogen-bond acceptors (Lipinski definition) is 4. The Hall–Kier alpha value is -3.81. The Kier molecular flexibility index (Phi) is 6.35. The van der Waals surface area contributed by atoms with Gasteiger partial charge in [-0.1, -0.05) is 0 Å². The quantitative estimate of drug-likeness (QED) is 0.546. The van der Waals surface area contributed by atoms with Gasteiger partial charge >= 0.3 is 0 Å². The molecule has 2 heterocycles. The highest BCUT2D eigenvalue weighted by Crippen LogP contribution is 2.35. The Morgan fingerprint density at radius 3 is 2.18 bits per heavy atom. The van der Waals surface area contributed by atoms with Gasteiger partial charge in [0.15, 0.2) is 0 Å². The van der Waals surface area contributed by atoms with Crippen LogP contribution in [0, 0.1) is 0 Å². The number of H-pyrrole nitrogens is 1. The molecule has 3 amide bonds. The summed E-state index contributed by atoms with van der Waals surface area (Å²) in [6.07, 6.45) is 3.75. The first kappa shape index (κ1) is 22.4. The molecule has 0 aliphatic carbocycles. The lowest BCUT2D eigenvalue weighted by molar-refractivity contribution is -0.115. The van der Waals surface area contributed by atoms with E-state index in [4.69, 9.17) is 4.74 Å². The van der Waals surface area contributed by atoms with E-state index < -0.39 is 0 Å². The number of ether oxygens (including phenoxy) is 1. The Morgan fingerprint density at radius 2 is 1.61 bits per heavy atom. The molecule has 172 valence electrons. The van der Waals surface area contributed by atoms with Gasteiger partial charge in [0.1, 0.15) is 5.75 Å². The minimum atomic E-state index is -0.246. The minimum Gasteiger partial charge on any atom is -0.497 e. The third-order valence-corrected chi connectivity index (χ3v) is 5.96. The first-order valence-corrected chi connectivity index (χ1v) is 11.0.